The Kier molecular flexibility index (Phi) is 5.68. The molecule has 1 atom stereocenters. The van der Waals surface area contributed by atoms with Gasteiger partial charge in [0.25, 0.3) is 5.91 Å². The molecule has 5 heteroatoms. The van der Waals surface area contributed by atoms with Gasteiger partial charge in [0.1, 0.15) is 11.9 Å². The van der Waals surface area contributed by atoms with Crippen molar-refractivity contribution in [2.24, 2.45) is 0 Å². The smallest absolute Gasteiger partial charge is 0.328 e. The van der Waals surface area contributed by atoms with Gasteiger partial charge >= 0.3 is 5.97 Å². The van der Waals surface area contributed by atoms with Gasteiger partial charge in [-0.25, -0.2) is 9.18 Å². The first-order valence-corrected chi connectivity index (χ1v) is 7.60. The topological polar surface area (TPSA) is 55.4 Å². The van der Waals surface area contributed by atoms with Gasteiger partial charge in [-0.1, -0.05) is 29.3 Å². The summed E-state index contributed by atoms with van der Waals surface area (Å²) in [6.45, 7) is 3.79. The normalized spacial score (nSPS) is 11.7. The Labute approximate surface area is 140 Å². The molecule has 0 aliphatic heterocycles. The Morgan fingerprint density at radius 1 is 1.12 bits per heavy atom. The molecule has 0 aliphatic rings. The van der Waals surface area contributed by atoms with Crippen LogP contribution in [0.4, 0.5) is 4.39 Å². The third-order valence-electron chi connectivity index (χ3n) is 3.60. The van der Waals surface area contributed by atoms with Crippen LogP contribution in [0.3, 0.4) is 0 Å². The van der Waals surface area contributed by atoms with E-state index in [9.17, 15) is 14.0 Å². The fourth-order valence-corrected chi connectivity index (χ4v) is 2.58. The van der Waals surface area contributed by atoms with Crippen molar-refractivity contribution in [2.75, 3.05) is 7.11 Å². The summed E-state index contributed by atoms with van der Waals surface area (Å²) in [6.07, 6.45) is 0.154. The predicted molar refractivity (Wildman–Crippen MR) is 89.3 cm³/mol. The number of esters is 1. The highest BCUT2D eigenvalue weighted by Crippen LogP contribution is 2.11. The molecule has 0 spiro atoms. The second-order valence-electron chi connectivity index (χ2n) is 5.76. The van der Waals surface area contributed by atoms with Crippen molar-refractivity contribution in [3.63, 3.8) is 0 Å². The minimum absolute atomic E-state index is 0.154. The van der Waals surface area contributed by atoms with Gasteiger partial charge in [0.2, 0.25) is 0 Å². The molecule has 0 fully saturated rings. The molecular weight excluding hydrogens is 309 g/mol. The summed E-state index contributed by atoms with van der Waals surface area (Å²) in [5.41, 5.74) is 2.99. The SMILES string of the molecule is COC(=O)[C@H](Cc1cccc(F)c1)NC(=O)c1cc(C)cc(C)c1. The number of hydrogen-bond acceptors (Lipinski definition) is 3. The van der Waals surface area contributed by atoms with Gasteiger partial charge in [0.15, 0.2) is 0 Å². The minimum Gasteiger partial charge on any atom is -0.467 e. The molecule has 1 N–H and O–H groups in total. The van der Waals surface area contributed by atoms with E-state index in [2.05, 4.69) is 5.32 Å². The van der Waals surface area contributed by atoms with Crippen LogP contribution in [0, 0.1) is 19.7 Å². The van der Waals surface area contributed by atoms with E-state index in [1.54, 1.807) is 24.3 Å². The molecule has 0 bridgehead atoms. The van der Waals surface area contributed by atoms with Crippen molar-refractivity contribution in [3.05, 3.63) is 70.5 Å². The van der Waals surface area contributed by atoms with Gasteiger partial charge in [-0.15, -0.1) is 0 Å². The van der Waals surface area contributed by atoms with Crippen LogP contribution in [0.15, 0.2) is 42.5 Å². The Hall–Kier alpha value is -2.69. The van der Waals surface area contributed by atoms with Crippen molar-refractivity contribution in [3.8, 4) is 0 Å². The molecule has 2 aromatic rings. The largest absolute Gasteiger partial charge is 0.467 e. The van der Waals surface area contributed by atoms with Crippen molar-refractivity contribution >= 4 is 11.9 Å². The first kappa shape index (κ1) is 17.7. The summed E-state index contributed by atoms with van der Waals surface area (Å²) in [5, 5.41) is 2.67. The first-order chi connectivity index (χ1) is 11.4. The average molecular weight is 329 g/mol. The van der Waals surface area contributed by atoms with E-state index in [0.29, 0.717) is 11.1 Å². The zero-order valence-electron chi connectivity index (χ0n) is 13.9. The quantitative estimate of drug-likeness (QED) is 0.858. The maximum absolute atomic E-state index is 13.3. The number of hydrogen-bond donors (Lipinski definition) is 1. The van der Waals surface area contributed by atoms with Crippen molar-refractivity contribution in [2.45, 2.75) is 26.3 Å². The van der Waals surface area contributed by atoms with Crippen LogP contribution in [0.5, 0.6) is 0 Å². The molecule has 0 saturated carbocycles. The van der Waals surface area contributed by atoms with Gasteiger partial charge in [-0.2, -0.15) is 0 Å². The number of carbonyl (C=O) groups is 2. The molecule has 0 unspecified atom stereocenters. The van der Waals surface area contributed by atoms with Crippen LogP contribution in [0.25, 0.3) is 0 Å². The summed E-state index contributed by atoms with van der Waals surface area (Å²) in [7, 11) is 1.25. The third kappa shape index (κ3) is 4.65. The van der Waals surface area contributed by atoms with Crippen molar-refractivity contribution < 1.29 is 18.7 Å². The Morgan fingerprint density at radius 2 is 1.79 bits per heavy atom. The van der Waals surface area contributed by atoms with E-state index in [1.807, 2.05) is 19.9 Å². The lowest BCUT2D eigenvalue weighted by Gasteiger charge is -2.17. The van der Waals surface area contributed by atoms with Gasteiger partial charge in [-0.05, 0) is 43.7 Å². The zero-order valence-corrected chi connectivity index (χ0v) is 13.9. The molecule has 0 heterocycles. The lowest BCUT2D eigenvalue weighted by molar-refractivity contribution is -0.142. The van der Waals surface area contributed by atoms with E-state index < -0.39 is 17.8 Å². The summed E-state index contributed by atoms with van der Waals surface area (Å²) in [5.74, 6) is -1.33. The minimum atomic E-state index is -0.884. The van der Waals surface area contributed by atoms with Crippen molar-refractivity contribution in [1.29, 1.82) is 0 Å². The van der Waals surface area contributed by atoms with Gasteiger partial charge in [0.05, 0.1) is 7.11 Å². The molecule has 0 aromatic heterocycles. The van der Waals surface area contributed by atoms with E-state index in [1.165, 1.54) is 19.2 Å². The van der Waals surface area contributed by atoms with Crippen LogP contribution in [0.2, 0.25) is 0 Å². The lowest BCUT2D eigenvalue weighted by Crippen LogP contribution is -2.43. The predicted octanol–water partition coefficient (Wildman–Crippen LogP) is 2.96. The van der Waals surface area contributed by atoms with E-state index in [4.69, 9.17) is 4.74 Å². The number of benzene rings is 2. The van der Waals surface area contributed by atoms with Gasteiger partial charge < -0.3 is 10.1 Å². The molecule has 0 radical (unpaired) electrons. The van der Waals surface area contributed by atoms with Gasteiger partial charge in [-0.3, -0.25) is 4.79 Å². The summed E-state index contributed by atoms with van der Waals surface area (Å²) >= 11 is 0. The highest BCUT2D eigenvalue weighted by Gasteiger charge is 2.23. The van der Waals surface area contributed by atoms with E-state index >= 15 is 0 Å². The van der Waals surface area contributed by atoms with Crippen LogP contribution in [-0.2, 0) is 16.0 Å². The van der Waals surface area contributed by atoms with Crippen molar-refractivity contribution in [1.82, 2.24) is 5.32 Å². The number of halogens is 1. The Balaban J connectivity index is 2.19. The van der Waals surface area contributed by atoms with Gasteiger partial charge in [0, 0.05) is 12.0 Å². The van der Waals surface area contributed by atoms with E-state index in [-0.39, 0.29) is 12.3 Å². The Bertz CT molecular complexity index is 738. The first-order valence-electron chi connectivity index (χ1n) is 7.60. The van der Waals surface area contributed by atoms with Crippen LogP contribution in [-0.4, -0.2) is 25.0 Å². The number of aryl methyl sites for hydroxylation is 2. The number of methoxy groups -OCH3 is 1. The van der Waals surface area contributed by atoms with E-state index in [0.717, 1.165) is 11.1 Å². The zero-order chi connectivity index (χ0) is 17.7. The molecule has 2 aromatic carbocycles. The number of ether oxygens (including phenoxy) is 1. The Morgan fingerprint density at radius 3 is 2.38 bits per heavy atom. The fourth-order valence-electron chi connectivity index (χ4n) is 2.58. The fraction of sp³-hybridized carbons (Fsp3) is 0.263. The number of rotatable bonds is 5. The van der Waals surface area contributed by atoms with Crippen LogP contribution in [0.1, 0.15) is 27.0 Å². The monoisotopic (exact) mass is 329 g/mol. The molecule has 0 aliphatic carbocycles. The number of amides is 1. The highest BCUT2D eigenvalue weighted by atomic mass is 19.1. The highest BCUT2D eigenvalue weighted by molar-refractivity contribution is 5.97. The van der Waals surface area contributed by atoms with Crippen LogP contribution < -0.4 is 5.32 Å². The second-order valence-corrected chi connectivity index (χ2v) is 5.76. The third-order valence-corrected chi connectivity index (χ3v) is 3.60. The summed E-state index contributed by atoms with van der Waals surface area (Å²) in [4.78, 5) is 24.4. The molecule has 24 heavy (non-hydrogen) atoms. The molecule has 4 nitrogen and oxygen atoms in total. The molecule has 0 saturated heterocycles. The second kappa shape index (κ2) is 7.73. The standard InChI is InChI=1S/C19H20FNO3/c1-12-7-13(2)9-15(8-12)18(22)21-17(19(23)24-3)11-14-5-4-6-16(20)10-14/h4-10,17H,11H2,1-3H3,(H,21,22)/t17-/m0/s1. The molecular formula is C19H20FNO3. The molecule has 2 rings (SSSR count). The maximum Gasteiger partial charge on any atom is 0.328 e. The number of nitrogens with one attached hydrogen (secondary N) is 1. The average Bonchev–Trinajstić information content (AvgIpc) is 2.52. The summed E-state index contributed by atoms with van der Waals surface area (Å²) in [6, 6.07) is 10.5. The summed E-state index contributed by atoms with van der Waals surface area (Å²) < 4.78 is 18.1. The maximum atomic E-state index is 13.3. The lowest BCUT2D eigenvalue weighted by atomic mass is 10.0. The molecule has 1 amide bonds. The molecule has 126 valence electrons. The van der Waals surface area contributed by atoms with Crippen LogP contribution >= 0.6 is 0 Å². The number of carbonyl (C=O) groups excluding carboxylic acids is 2.